The van der Waals surface area contributed by atoms with Crippen LogP contribution in [0.3, 0.4) is 0 Å². The highest BCUT2D eigenvalue weighted by Gasteiger charge is 2.39. The molecule has 0 aromatic heterocycles. The Kier molecular flexibility index (Phi) is 6.42. The van der Waals surface area contributed by atoms with Gasteiger partial charge in [-0.3, -0.25) is 9.59 Å². The molecule has 2 atom stereocenters. The molecule has 0 spiro atoms. The minimum absolute atomic E-state index is 0.0489. The number of hydrogen-bond acceptors (Lipinski definition) is 7. The molecule has 1 heterocycles. The van der Waals surface area contributed by atoms with E-state index in [-0.39, 0.29) is 11.5 Å². The van der Waals surface area contributed by atoms with E-state index in [1.165, 1.54) is 14.0 Å². The third-order valence-corrected chi connectivity index (χ3v) is 4.37. The number of alkyl carbamates (subject to hydrolysis) is 1. The lowest BCUT2D eigenvalue weighted by Crippen LogP contribution is -2.54. The molecule has 2 N–H and O–H groups in total. The van der Waals surface area contributed by atoms with E-state index < -0.39 is 34.9 Å². The van der Waals surface area contributed by atoms with Crippen LogP contribution in [-0.4, -0.2) is 47.8 Å². The van der Waals surface area contributed by atoms with Crippen LogP contribution >= 0.6 is 11.8 Å². The number of amides is 2. The zero-order chi connectivity index (χ0) is 18.7. The molecule has 0 saturated heterocycles. The number of ether oxygens (including phenoxy) is 2. The molecule has 1 aliphatic rings. The number of ketones is 1. The molecule has 0 aromatic carbocycles. The third kappa shape index (κ3) is 5.26. The lowest BCUT2D eigenvalue weighted by atomic mass is 10.1. The van der Waals surface area contributed by atoms with Crippen molar-refractivity contribution < 1.29 is 28.7 Å². The largest absolute Gasteiger partial charge is 0.464 e. The summed E-state index contributed by atoms with van der Waals surface area (Å²) < 4.78 is 9.74. The second-order valence-corrected chi connectivity index (χ2v) is 7.54. The molecular weight excluding hydrogens is 336 g/mol. The van der Waals surface area contributed by atoms with Crippen molar-refractivity contribution in [1.82, 2.24) is 10.6 Å². The first-order valence-electron chi connectivity index (χ1n) is 7.23. The van der Waals surface area contributed by atoms with Crippen LogP contribution in [0.15, 0.2) is 10.6 Å². The quantitative estimate of drug-likeness (QED) is 0.727. The van der Waals surface area contributed by atoms with Crippen LogP contribution in [0.4, 0.5) is 4.79 Å². The van der Waals surface area contributed by atoms with Crippen molar-refractivity contribution in [2.75, 3.05) is 7.11 Å². The Bertz CT molecular complexity index is 593. The van der Waals surface area contributed by atoms with Gasteiger partial charge in [0, 0.05) is 4.91 Å². The Morgan fingerprint density at radius 2 is 1.83 bits per heavy atom. The first kappa shape index (κ1) is 20.0. The molecule has 0 aromatic rings. The van der Waals surface area contributed by atoms with E-state index in [4.69, 9.17) is 4.74 Å². The summed E-state index contributed by atoms with van der Waals surface area (Å²) in [7, 11) is 1.18. The number of Topliss-reactive ketones (excluding diaryl/α,β-unsaturated/α-hetero) is 1. The highest BCUT2D eigenvalue weighted by atomic mass is 32.2. The monoisotopic (exact) mass is 358 g/mol. The molecule has 0 saturated carbocycles. The molecule has 0 bridgehead atoms. The maximum Gasteiger partial charge on any atom is 0.408 e. The van der Waals surface area contributed by atoms with Crippen LogP contribution in [0.2, 0.25) is 0 Å². The molecule has 2 amide bonds. The van der Waals surface area contributed by atoms with Crippen LogP contribution in [0.25, 0.3) is 0 Å². The fraction of sp³-hybridized carbons (Fsp3) is 0.600. The topological polar surface area (TPSA) is 111 Å². The molecular formula is C15H22N2O6S. The van der Waals surface area contributed by atoms with Gasteiger partial charge in [0.15, 0.2) is 0 Å². The molecule has 8 nitrogen and oxygen atoms in total. The summed E-state index contributed by atoms with van der Waals surface area (Å²) in [6.45, 7) is 7.93. The van der Waals surface area contributed by atoms with Gasteiger partial charge in [-0.1, -0.05) is 0 Å². The van der Waals surface area contributed by atoms with E-state index in [0.29, 0.717) is 4.91 Å². The van der Waals surface area contributed by atoms with E-state index in [1.807, 2.05) is 0 Å². The van der Waals surface area contributed by atoms with Crippen LogP contribution < -0.4 is 10.6 Å². The second kappa shape index (κ2) is 7.69. The van der Waals surface area contributed by atoms with E-state index >= 15 is 0 Å². The van der Waals surface area contributed by atoms with Gasteiger partial charge < -0.3 is 20.1 Å². The van der Waals surface area contributed by atoms with Gasteiger partial charge >= 0.3 is 12.1 Å². The van der Waals surface area contributed by atoms with Gasteiger partial charge in [0.1, 0.15) is 23.1 Å². The number of carbonyl (C=O) groups is 4. The number of thioether (sulfide) groups is 1. The van der Waals surface area contributed by atoms with Crippen molar-refractivity contribution >= 4 is 35.5 Å². The molecule has 134 valence electrons. The van der Waals surface area contributed by atoms with Gasteiger partial charge in [0.25, 0.3) is 0 Å². The molecule has 1 aliphatic heterocycles. The fourth-order valence-electron chi connectivity index (χ4n) is 1.93. The molecule has 0 radical (unpaired) electrons. The van der Waals surface area contributed by atoms with Crippen LogP contribution in [-0.2, 0) is 23.9 Å². The zero-order valence-corrected chi connectivity index (χ0v) is 15.3. The zero-order valence-electron chi connectivity index (χ0n) is 14.5. The molecule has 9 heteroatoms. The summed E-state index contributed by atoms with van der Waals surface area (Å²) >= 11 is 1.01. The summed E-state index contributed by atoms with van der Waals surface area (Å²) in [4.78, 5) is 48.5. The number of hydrogen-bond donors (Lipinski definition) is 2. The van der Waals surface area contributed by atoms with Crippen molar-refractivity contribution in [3.05, 3.63) is 10.6 Å². The van der Waals surface area contributed by atoms with E-state index in [1.54, 1.807) is 27.7 Å². The molecule has 0 fully saturated rings. The summed E-state index contributed by atoms with van der Waals surface area (Å²) in [5.74, 6) is -1.74. The Labute approximate surface area is 144 Å². The molecule has 0 aliphatic carbocycles. The standard InChI is InChI=1S/C15H22N2O6S/c1-7(18)11-10(17-14(21)23-15(3,4)5)12(19)16-9(8(2)24-11)13(20)22-6/h10-11H,1-6H3,(H,16,19)(H,17,21)/t10-,11?/m0/s1. The van der Waals surface area contributed by atoms with Crippen molar-refractivity contribution in [2.45, 2.75) is 51.5 Å². The van der Waals surface area contributed by atoms with Gasteiger partial charge in [0.05, 0.1) is 12.4 Å². The van der Waals surface area contributed by atoms with Crippen molar-refractivity contribution in [3.63, 3.8) is 0 Å². The van der Waals surface area contributed by atoms with Gasteiger partial charge in [-0.05, 0) is 34.6 Å². The molecule has 1 unspecified atom stereocenters. The van der Waals surface area contributed by atoms with Gasteiger partial charge in [0.2, 0.25) is 5.91 Å². The summed E-state index contributed by atoms with van der Waals surface area (Å²) in [5, 5.41) is 3.92. The first-order chi connectivity index (χ1) is 11.0. The second-order valence-electron chi connectivity index (χ2n) is 6.19. The summed E-state index contributed by atoms with van der Waals surface area (Å²) in [6, 6.07) is -1.18. The minimum Gasteiger partial charge on any atom is -0.464 e. The summed E-state index contributed by atoms with van der Waals surface area (Å²) in [6.07, 6.45) is -0.825. The number of allylic oxidation sites excluding steroid dienone is 1. The Hall–Kier alpha value is -2.03. The van der Waals surface area contributed by atoms with E-state index in [9.17, 15) is 19.2 Å². The maximum atomic E-state index is 12.4. The molecule has 1 rings (SSSR count). The summed E-state index contributed by atoms with van der Waals surface area (Å²) in [5.41, 5.74) is -0.803. The SMILES string of the molecule is COC(=O)C1=C(C)SC(C(C)=O)[C@H](NC(=O)OC(C)(C)C)C(=O)N1. The van der Waals surface area contributed by atoms with E-state index in [0.717, 1.165) is 11.8 Å². The van der Waals surface area contributed by atoms with Crippen LogP contribution in [0, 0.1) is 0 Å². The average molecular weight is 358 g/mol. The number of nitrogens with one attached hydrogen (secondary N) is 2. The number of esters is 1. The number of rotatable bonds is 3. The maximum absolute atomic E-state index is 12.4. The fourth-order valence-corrected chi connectivity index (χ4v) is 3.06. The van der Waals surface area contributed by atoms with Gasteiger partial charge in [-0.2, -0.15) is 0 Å². The van der Waals surface area contributed by atoms with Crippen molar-refractivity contribution in [3.8, 4) is 0 Å². The van der Waals surface area contributed by atoms with E-state index in [2.05, 4.69) is 15.4 Å². The lowest BCUT2D eigenvalue weighted by molar-refractivity contribution is -0.138. The highest BCUT2D eigenvalue weighted by molar-refractivity contribution is 8.04. The lowest BCUT2D eigenvalue weighted by Gasteiger charge is -2.25. The number of carbonyl (C=O) groups excluding carboxylic acids is 4. The van der Waals surface area contributed by atoms with Gasteiger partial charge in [-0.15, -0.1) is 11.8 Å². The first-order valence-corrected chi connectivity index (χ1v) is 8.11. The smallest absolute Gasteiger partial charge is 0.408 e. The Morgan fingerprint density at radius 1 is 1.25 bits per heavy atom. The van der Waals surface area contributed by atoms with Crippen LogP contribution in [0.5, 0.6) is 0 Å². The van der Waals surface area contributed by atoms with Crippen molar-refractivity contribution in [2.24, 2.45) is 0 Å². The van der Waals surface area contributed by atoms with Gasteiger partial charge in [-0.25, -0.2) is 9.59 Å². The predicted molar refractivity (Wildman–Crippen MR) is 88.1 cm³/mol. The van der Waals surface area contributed by atoms with Crippen LogP contribution in [0.1, 0.15) is 34.6 Å². The highest BCUT2D eigenvalue weighted by Crippen LogP contribution is 2.30. The predicted octanol–water partition coefficient (Wildman–Crippen LogP) is 1.10. The molecule has 24 heavy (non-hydrogen) atoms. The average Bonchev–Trinajstić information content (AvgIpc) is 2.55. The Morgan fingerprint density at radius 3 is 2.29 bits per heavy atom. The third-order valence-electron chi connectivity index (χ3n) is 2.95. The minimum atomic E-state index is -1.18. The Balaban J connectivity index is 3.08. The van der Waals surface area contributed by atoms with Crippen molar-refractivity contribution in [1.29, 1.82) is 0 Å². The number of methoxy groups -OCH3 is 1. The normalized spacial score (nSPS) is 21.5.